The molecule has 0 saturated heterocycles. The first kappa shape index (κ1) is 18.4. The van der Waals surface area contributed by atoms with Gasteiger partial charge in [-0.25, -0.2) is 0 Å². The summed E-state index contributed by atoms with van der Waals surface area (Å²) in [6.45, 7) is 0.0291. The van der Waals surface area contributed by atoms with E-state index < -0.39 is 6.36 Å². The minimum absolute atomic E-state index is 0.0180. The van der Waals surface area contributed by atoms with E-state index in [-0.39, 0.29) is 30.5 Å². The number of halogens is 3. The number of carbonyl (C=O) groups excluding carboxylic acids is 1. The van der Waals surface area contributed by atoms with E-state index in [0.29, 0.717) is 17.0 Å². The average Bonchev–Trinajstić information content (AvgIpc) is 3.22. The lowest BCUT2D eigenvalue weighted by Crippen LogP contribution is -2.24. The molecule has 8 nitrogen and oxygen atoms in total. The number of carbonyl (C=O) groups is 1. The number of benzene rings is 1. The highest BCUT2D eigenvalue weighted by Crippen LogP contribution is 2.22. The zero-order chi connectivity index (χ0) is 19.4. The van der Waals surface area contributed by atoms with Gasteiger partial charge in [0.1, 0.15) is 5.75 Å². The summed E-state index contributed by atoms with van der Waals surface area (Å²) in [7, 11) is 1.76. The number of nitrogens with one attached hydrogen (secondary N) is 1. The zero-order valence-corrected chi connectivity index (χ0v) is 14.0. The van der Waals surface area contributed by atoms with Crippen molar-refractivity contribution in [1.82, 2.24) is 25.2 Å². The summed E-state index contributed by atoms with van der Waals surface area (Å²) in [5.41, 5.74) is 1.21. The van der Waals surface area contributed by atoms with E-state index >= 15 is 0 Å². The van der Waals surface area contributed by atoms with Crippen molar-refractivity contribution < 1.29 is 27.2 Å². The largest absolute Gasteiger partial charge is 0.573 e. The van der Waals surface area contributed by atoms with Gasteiger partial charge in [0, 0.05) is 13.2 Å². The van der Waals surface area contributed by atoms with Gasteiger partial charge >= 0.3 is 6.36 Å². The number of aromatic nitrogens is 4. The second kappa shape index (κ2) is 7.48. The topological polar surface area (TPSA) is 95.1 Å². The molecular formula is C16H14F3N5O3. The van der Waals surface area contributed by atoms with Crippen LogP contribution in [0.25, 0.3) is 11.4 Å². The van der Waals surface area contributed by atoms with Crippen LogP contribution in [-0.2, 0) is 24.8 Å². The third-order valence-electron chi connectivity index (χ3n) is 3.39. The molecule has 2 heterocycles. The summed E-state index contributed by atoms with van der Waals surface area (Å²) in [5, 5.41) is 10.4. The maximum atomic E-state index is 12.1. The molecule has 1 N–H and O–H groups in total. The molecule has 0 spiro atoms. The van der Waals surface area contributed by atoms with Crippen LogP contribution >= 0.6 is 0 Å². The molecule has 142 valence electrons. The Kier molecular flexibility index (Phi) is 5.10. The fraction of sp³-hybridized carbons (Fsp3) is 0.250. The fourth-order valence-electron chi connectivity index (χ4n) is 2.21. The molecule has 3 rings (SSSR count). The van der Waals surface area contributed by atoms with E-state index in [9.17, 15) is 18.0 Å². The molecule has 0 aliphatic heterocycles. The Morgan fingerprint density at radius 2 is 2.04 bits per heavy atom. The monoisotopic (exact) mass is 381 g/mol. The summed E-state index contributed by atoms with van der Waals surface area (Å²) in [6.07, 6.45) is -1.47. The average molecular weight is 381 g/mol. The minimum atomic E-state index is -4.75. The Labute approximate surface area is 150 Å². The standard InChI is InChI=1S/C16H14F3N5O3/c1-24-9-11(7-21-24)15-22-14(27-23-15)8-20-13(25)6-10-2-4-12(5-3-10)26-16(17,18)19/h2-5,7,9H,6,8H2,1H3,(H,20,25). The molecule has 0 bridgehead atoms. The van der Waals surface area contributed by atoms with Crippen LogP contribution in [0, 0.1) is 0 Å². The van der Waals surface area contributed by atoms with Gasteiger partial charge in [-0.2, -0.15) is 10.1 Å². The number of hydrogen-bond donors (Lipinski definition) is 1. The van der Waals surface area contributed by atoms with Crippen molar-refractivity contribution in [2.75, 3.05) is 0 Å². The normalized spacial score (nSPS) is 11.4. The first-order valence-corrected chi connectivity index (χ1v) is 7.71. The Balaban J connectivity index is 1.50. The van der Waals surface area contributed by atoms with Crippen LogP contribution in [0.1, 0.15) is 11.5 Å². The Morgan fingerprint density at radius 3 is 2.67 bits per heavy atom. The second-order valence-electron chi connectivity index (χ2n) is 5.56. The zero-order valence-electron chi connectivity index (χ0n) is 14.0. The van der Waals surface area contributed by atoms with Crippen molar-refractivity contribution in [3.63, 3.8) is 0 Å². The second-order valence-corrected chi connectivity index (χ2v) is 5.56. The predicted molar refractivity (Wildman–Crippen MR) is 85.2 cm³/mol. The van der Waals surface area contributed by atoms with Crippen LogP contribution in [0.15, 0.2) is 41.2 Å². The Morgan fingerprint density at radius 1 is 1.30 bits per heavy atom. The minimum Gasteiger partial charge on any atom is -0.406 e. The Hall–Kier alpha value is -3.37. The number of hydrogen-bond acceptors (Lipinski definition) is 6. The van der Waals surface area contributed by atoms with Crippen molar-refractivity contribution in [1.29, 1.82) is 0 Å². The molecule has 1 aromatic carbocycles. The van der Waals surface area contributed by atoms with Crippen LogP contribution in [0.4, 0.5) is 13.2 Å². The van der Waals surface area contributed by atoms with Crippen LogP contribution in [0.2, 0.25) is 0 Å². The van der Waals surface area contributed by atoms with Gasteiger partial charge in [0.05, 0.1) is 24.7 Å². The molecule has 0 aliphatic carbocycles. The number of ether oxygens (including phenoxy) is 1. The van der Waals surface area contributed by atoms with Crippen molar-refractivity contribution in [2.24, 2.45) is 7.05 Å². The van der Waals surface area contributed by atoms with Crippen LogP contribution in [0.5, 0.6) is 5.75 Å². The van der Waals surface area contributed by atoms with Gasteiger partial charge in [-0.05, 0) is 17.7 Å². The van der Waals surface area contributed by atoms with Crippen LogP contribution < -0.4 is 10.1 Å². The van der Waals surface area contributed by atoms with E-state index in [4.69, 9.17) is 4.52 Å². The number of nitrogens with zero attached hydrogens (tertiary/aromatic N) is 4. The molecule has 0 fully saturated rings. The van der Waals surface area contributed by atoms with Gasteiger partial charge in [0.2, 0.25) is 17.6 Å². The molecule has 1 amide bonds. The van der Waals surface area contributed by atoms with Gasteiger partial charge in [-0.1, -0.05) is 17.3 Å². The van der Waals surface area contributed by atoms with Gasteiger partial charge in [-0.15, -0.1) is 13.2 Å². The highest BCUT2D eigenvalue weighted by atomic mass is 19.4. The van der Waals surface area contributed by atoms with Crippen LogP contribution in [0.3, 0.4) is 0 Å². The third-order valence-corrected chi connectivity index (χ3v) is 3.39. The van der Waals surface area contributed by atoms with Gasteiger partial charge in [0.25, 0.3) is 0 Å². The summed E-state index contributed by atoms with van der Waals surface area (Å²) >= 11 is 0. The lowest BCUT2D eigenvalue weighted by atomic mass is 10.1. The van der Waals surface area contributed by atoms with Crippen LogP contribution in [-0.4, -0.2) is 32.2 Å². The lowest BCUT2D eigenvalue weighted by Gasteiger charge is -2.09. The van der Waals surface area contributed by atoms with Gasteiger partial charge in [-0.3, -0.25) is 9.48 Å². The molecular weight excluding hydrogens is 367 g/mol. The SMILES string of the molecule is Cn1cc(-c2noc(CNC(=O)Cc3ccc(OC(F)(F)F)cc3)n2)cn1. The molecule has 27 heavy (non-hydrogen) atoms. The molecule has 11 heteroatoms. The van der Waals surface area contributed by atoms with E-state index in [1.54, 1.807) is 24.1 Å². The maximum Gasteiger partial charge on any atom is 0.573 e. The van der Waals surface area contributed by atoms with E-state index in [1.807, 2.05) is 0 Å². The number of aryl methyl sites for hydroxylation is 1. The molecule has 0 atom stereocenters. The van der Waals surface area contributed by atoms with Crippen molar-refractivity contribution in [2.45, 2.75) is 19.3 Å². The number of alkyl halides is 3. The van der Waals surface area contributed by atoms with Gasteiger partial charge in [0.15, 0.2) is 0 Å². The molecule has 0 radical (unpaired) electrons. The smallest absolute Gasteiger partial charge is 0.406 e. The van der Waals surface area contributed by atoms with Crippen molar-refractivity contribution in [3.8, 4) is 17.1 Å². The first-order chi connectivity index (χ1) is 12.8. The number of amides is 1. The highest BCUT2D eigenvalue weighted by molar-refractivity contribution is 5.78. The maximum absolute atomic E-state index is 12.1. The Bertz CT molecular complexity index is 918. The third kappa shape index (κ3) is 5.30. The summed E-state index contributed by atoms with van der Waals surface area (Å²) in [5.74, 6) is -0.121. The highest BCUT2D eigenvalue weighted by Gasteiger charge is 2.30. The van der Waals surface area contributed by atoms with Gasteiger partial charge < -0.3 is 14.6 Å². The summed E-state index contributed by atoms with van der Waals surface area (Å²) in [4.78, 5) is 16.1. The first-order valence-electron chi connectivity index (χ1n) is 7.71. The van der Waals surface area contributed by atoms with E-state index in [0.717, 1.165) is 12.1 Å². The molecule has 0 unspecified atom stereocenters. The van der Waals surface area contributed by atoms with E-state index in [1.165, 1.54) is 12.1 Å². The van der Waals surface area contributed by atoms with Crippen molar-refractivity contribution in [3.05, 3.63) is 48.1 Å². The number of rotatable bonds is 6. The quantitative estimate of drug-likeness (QED) is 0.704. The molecule has 2 aromatic heterocycles. The molecule has 3 aromatic rings. The van der Waals surface area contributed by atoms with Crippen molar-refractivity contribution >= 4 is 5.91 Å². The lowest BCUT2D eigenvalue weighted by molar-refractivity contribution is -0.274. The molecule has 0 aliphatic rings. The van der Waals surface area contributed by atoms with E-state index in [2.05, 4.69) is 25.3 Å². The fourth-order valence-corrected chi connectivity index (χ4v) is 2.21. The summed E-state index contributed by atoms with van der Waals surface area (Å²) < 4.78 is 46.8. The predicted octanol–water partition coefficient (Wildman–Crippen LogP) is 2.23. The molecule has 0 saturated carbocycles. The summed E-state index contributed by atoms with van der Waals surface area (Å²) in [6, 6.07) is 5.06.